The Morgan fingerprint density at radius 2 is 1.73 bits per heavy atom. The topological polar surface area (TPSA) is 76.1 Å². The van der Waals surface area contributed by atoms with E-state index in [2.05, 4.69) is 5.32 Å². The van der Waals surface area contributed by atoms with Gasteiger partial charge in [0.1, 0.15) is 0 Å². The standard InChI is InChI=1S/C24H26N2O3S/c1-30(28,29)20-13-11-17(12-14-20)15-23(27)25-22-16-19-9-5-6-10-21(19)26-24(22)18-7-3-2-4-8-18/h5-6,9-14,16,18H,2-4,7-8,15H2,1H3,(H,25,27). The van der Waals surface area contributed by atoms with Gasteiger partial charge in [-0.1, -0.05) is 49.6 Å². The quantitative estimate of drug-likeness (QED) is 0.637. The van der Waals surface area contributed by atoms with Gasteiger partial charge in [0.05, 0.1) is 28.2 Å². The fourth-order valence-electron chi connectivity index (χ4n) is 4.15. The van der Waals surface area contributed by atoms with Crippen LogP contribution in [0.3, 0.4) is 0 Å². The van der Waals surface area contributed by atoms with E-state index in [-0.39, 0.29) is 17.2 Å². The molecule has 0 bridgehead atoms. The first-order valence-corrected chi connectivity index (χ1v) is 12.3. The van der Waals surface area contributed by atoms with Crippen LogP contribution in [0.25, 0.3) is 10.9 Å². The summed E-state index contributed by atoms with van der Waals surface area (Å²) in [6.07, 6.45) is 7.20. The molecule has 4 rings (SSSR count). The summed E-state index contributed by atoms with van der Waals surface area (Å²) in [5, 5.41) is 4.08. The van der Waals surface area contributed by atoms with Crippen LogP contribution in [0.15, 0.2) is 59.5 Å². The van der Waals surface area contributed by atoms with Crippen molar-refractivity contribution in [2.45, 2.75) is 49.3 Å². The van der Waals surface area contributed by atoms with Crippen molar-refractivity contribution in [3.05, 3.63) is 65.9 Å². The summed E-state index contributed by atoms with van der Waals surface area (Å²) in [6.45, 7) is 0. The van der Waals surface area contributed by atoms with Gasteiger partial charge in [0.15, 0.2) is 9.84 Å². The number of fused-ring (bicyclic) bond motifs is 1. The molecule has 1 fully saturated rings. The Labute approximate surface area is 177 Å². The lowest BCUT2D eigenvalue weighted by atomic mass is 9.85. The molecule has 0 radical (unpaired) electrons. The molecule has 1 saturated carbocycles. The van der Waals surface area contributed by atoms with Gasteiger partial charge >= 0.3 is 0 Å². The first-order chi connectivity index (χ1) is 14.4. The number of hydrogen-bond donors (Lipinski definition) is 1. The van der Waals surface area contributed by atoms with Gasteiger partial charge in [-0.15, -0.1) is 0 Å². The van der Waals surface area contributed by atoms with E-state index in [1.807, 2.05) is 30.3 Å². The Morgan fingerprint density at radius 1 is 1.03 bits per heavy atom. The summed E-state index contributed by atoms with van der Waals surface area (Å²) in [4.78, 5) is 17.9. The van der Waals surface area contributed by atoms with Crippen LogP contribution in [-0.2, 0) is 21.1 Å². The zero-order chi connectivity index (χ0) is 21.1. The number of benzene rings is 2. The SMILES string of the molecule is CS(=O)(=O)c1ccc(CC(=O)Nc2cc3ccccc3nc2C2CCCCC2)cc1. The minimum absolute atomic E-state index is 0.128. The minimum Gasteiger partial charge on any atom is -0.324 e. The highest BCUT2D eigenvalue weighted by molar-refractivity contribution is 7.90. The predicted molar refractivity (Wildman–Crippen MR) is 119 cm³/mol. The highest BCUT2D eigenvalue weighted by Crippen LogP contribution is 2.36. The van der Waals surface area contributed by atoms with Crippen molar-refractivity contribution in [1.82, 2.24) is 4.98 Å². The van der Waals surface area contributed by atoms with Crippen molar-refractivity contribution in [3.8, 4) is 0 Å². The number of carbonyl (C=O) groups is 1. The molecular formula is C24H26N2O3S. The van der Waals surface area contributed by atoms with Gasteiger partial charge in [0, 0.05) is 17.6 Å². The van der Waals surface area contributed by atoms with Crippen molar-refractivity contribution in [2.24, 2.45) is 0 Å². The molecule has 156 valence electrons. The number of anilines is 1. The molecule has 1 heterocycles. The van der Waals surface area contributed by atoms with Gasteiger partial charge in [0.2, 0.25) is 5.91 Å². The van der Waals surface area contributed by atoms with Crippen molar-refractivity contribution in [3.63, 3.8) is 0 Å². The third-order valence-corrected chi connectivity index (χ3v) is 6.86. The Kier molecular flexibility index (Phi) is 5.86. The van der Waals surface area contributed by atoms with Crippen LogP contribution in [0.1, 0.15) is 49.3 Å². The molecular weight excluding hydrogens is 396 g/mol. The number of pyridine rings is 1. The number of amides is 1. The third kappa shape index (κ3) is 4.70. The Morgan fingerprint density at radius 3 is 2.43 bits per heavy atom. The van der Waals surface area contributed by atoms with Crippen LogP contribution in [-0.4, -0.2) is 25.6 Å². The normalized spacial score (nSPS) is 15.2. The molecule has 1 aliphatic rings. The average Bonchev–Trinajstić information content (AvgIpc) is 2.73. The number of carbonyl (C=O) groups excluding carboxylic acids is 1. The molecule has 1 N–H and O–H groups in total. The highest BCUT2D eigenvalue weighted by atomic mass is 32.2. The lowest BCUT2D eigenvalue weighted by molar-refractivity contribution is -0.115. The average molecular weight is 423 g/mol. The molecule has 0 spiro atoms. The van der Waals surface area contributed by atoms with Gasteiger partial charge in [-0.05, 0) is 42.7 Å². The second-order valence-electron chi connectivity index (χ2n) is 8.09. The fraction of sp³-hybridized carbons (Fsp3) is 0.333. The fourth-order valence-corrected chi connectivity index (χ4v) is 4.78. The summed E-state index contributed by atoms with van der Waals surface area (Å²) in [5.74, 6) is 0.240. The van der Waals surface area contributed by atoms with Gasteiger partial charge in [-0.2, -0.15) is 0 Å². The van der Waals surface area contributed by atoms with Crippen LogP contribution in [0.2, 0.25) is 0 Å². The van der Waals surface area contributed by atoms with E-state index in [1.54, 1.807) is 24.3 Å². The minimum atomic E-state index is -3.24. The number of hydrogen-bond acceptors (Lipinski definition) is 4. The van der Waals surface area contributed by atoms with Crippen LogP contribution in [0.4, 0.5) is 5.69 Å². The van der Waals surface area contributed by atoms with E-state index in [0.29, 0.717) is 5.92 Å². The van der Waals surface area contributed by atoms with Gasteiger partial charge in [-0.3, -0.25) is 9.78 Å². The predicted octanol–water partition coefficient (Wildman–Crippen LogP) is 4.87. The van der Waals surface area contributed by atoms with Crippen molar-refractivity contribution >= 4 is 32.3 Å². The largest absolute Gasteiger partial charge is 0.324 e. The van der Waals surface area contributed by atoms with E-state index in [1.165, 1.54) is 25.5 Å². The number of aromatic nitrogens is 1. The smallest absolute Gasteiger partial charge is 0.228 e. The van der Waals surface area contributed by atoms with Crippen LogP contribution >= 0.6 is 0 Å². The lowest BCUT2D eigenvalue weighted by Gasteiger charge is -2.24. The molecule has 2 aromatic carbocycles. The Balaban J connectivity index is 1.58. The summed E-state index contributed by atoms with van der Waals surface area (Å²) in [6, 6.07) is 16.5. The Hall–Kier alpha value is -2.73. The molecule has 30 heavy (non-hydrogen) atoms. The number of para-hydroxylation sites is 1. The molecule has 0 saturated heterocycles. The summed E-state index contributed by atoms with van der Waals surface area (Å²) >= 11 is 0. The third-order valence-electron chi connectivity index (χ3n) is 5.74. The van der Waals surface area contributed by atoms with Crippen LogP contribution in [0.5, 0.6) is 0 Å². The zero-order valence-corrected chi connectivity index (χ0v) is 17.9. The van der Waals surface area contributed by atoms with Crippen molar-refractivity contribution in [2.75, 3.05) is 11.6 Å². The number of sulfone groups is 1. The second-order valence-corrected chi connectivity index (χ2v) is 10.1. The van der Waals surface area contributed by atoms with Gasteiger partial charge < -0.3 is 5.32 Å². The lowest BCUT2D eigenvalue weighted by Crippen LogP contribution is -2.18. The molecule has 1 amide bonds. The van der Waals surface area contributed by atoms with Crippen molar-refractivity contribution < 1.29 is 13.2 Å². The van der Waals surface area contributed by atoms with E-state index in [0.717, 1.165) is 40.7 Å². The maximum atomic E-state index is 12.8. The molecule has 3 aromatic rings. The highest BCUT2D eigenvalue weighted by Gasteiger charge is 2.22. The van der Waals surface area contributed by atoms with E-state index in [9.17, 15) is 13.2 Å². The zero-order valence-electron chi connectivity index (χ0n) is 17.1. The monoisotopic (exact) mass is 422 g/mol. The summed E-state index contributed by atoms with van der Waals surface area (Å²) < 4.78 is 23.2. The Bertz CT molecular complexity index is 1160. The van der Waals surface area contributed by atoms with E-state index in [4.69, 9.17) is 4.98 Å². The first-order valence-electron chi connectivity index (χ1n) is 10.4. The first kappa shape index (κ1) is 20.5. The van der Waals surface area contributed by atoms with Gasteiger partial charge in [0.25, 0.3) is 0 Å². The second kappa shape index (κ2) is 8.56. The summed E-state index contributed by atoms with van der Waals surface area (Å²) in [5.41, 5.74) is 3.49. The molecule has 6 heteroatoms. The molecule has 1 aliphatic carbocycles. The maximum absolute atomic E-state index is 12.8. The number of nitrogens with zero attached hydrogens (tertiary/aromatic N) is 1. The number of rotatable bonds is 5. The maximum Gasteiger partial charge on any atom is 0.228 e. The van der Waals surface area contributed by atoms with E-state index < -0.39 is 9.84 Å². The molecule has 5 nitrogen and oxygen atoms in total. The molecule has 1 aromatic heterocycles. The molecule has 0 aliphatic heterocycles. The molecule has 0 atom stereocenters. The van der Waals surface area contributed by atoms with Crippen molar-refractivity contribution in [1.29, 1.82) is 0 Å². The summed E-state index contributed by atoms with van der Waals surface area (Å²) in [7, 11) is -3.24. The van der Waals surface area contributed by atoms with Crippen LogP contribution in [0, 0.1) is 0 Å². The van der Waals surface area contributed by atoms with Crippen LogP contribution < -0.4 is 5.32 Å². The number of nitrogens with one attached hydrogen (secondary N) is 1. The van der Waals surface area contributed by atoms with E-state index >= 15 is 0 Å². The van der Waals surface area contributed by atoms with Gasteiger partial charge in [-0.25, -0.2) is 8.42 Å². The molecule has 0 unspecified atom stereocenters.